The van der Waals surface area contributed by atoms with Crippen LogP contribution < -0.4 is 4.90 Å². The van der Waals surface area contributed by atoms with Gasteiger partial charge in [0, 0.05) is 29.7 Å². The molecular formula is C13H16BrNO3. The van der Waals surface area contributed by atoms with E-state index in [-0.39, 0.29) is 12.5 Å². The molecule has 98 valence electrons. The first kappa shape index (κ1) is 13.4. The Kier molecular flexibility index (Phi) is 4.60. The van der Waals surface area contributed by atoms with Gasteiger partial charge in [0.2, 0.25) is 0 Å². The summed E-state index contributed by atoms with van der Waals surface area (Å²) in [5, 5.41) is 8.68. The van der Waals surface area contributed by atoms with E-state index < -0.39 is 5.97 Å². The van der Waals surface area contributed by atoms with Crippen molar-refractivity contribution in [2.24, 2.45) is 0 Å². The van der Waals surface area contributed by atoms with Crippen molar-refractivity contribution >= 4 is 27.6 Å². The van der Waals surface area contributed by atoms with Crippen molar-refractivity contribution in [1.82, 2.24) is 0 Å². The summed E-state index contributed by atoms with van der Waals surface area (Å²) >= 11 is 3.41. The van der Waals surface area contributed by atoms with Crippen LogP contribution in [0.3, 0.4) is 0 Å². The molecule has 1 atom stereocenters. The van der Waals surface area contributed by atoms with E-state index in [0.717, 1.165) is 23.2 Å². The molecule has 1 unspecified atom stereocenters. The molecule has 1 N–H and O–H groups in total. The van der Waals surface area contributed by atoms with E-state index in [1.807, 2.05) is 12.1 Å². The lowest BCUT2D eigenvalue weighted by Gasteiger charge is -2.34. The van der Waals surface area contributed by atoms with Crippen molar-refractivity contribution in [3.8, 4) is 0 Å². The van der Waals surface area contributed by atoms with Gasteiger partial charge >= 0.3 is 5.97 Å². The summed E-state index contributed by atoms with van der Waals surface area (Å²) in [6, 6.07) is 8.14. The van der Waals surface area contributed by atoms with Gasteiger partial charge in [-0.25, -0.2) is 0 Å². The zero-order chi connectivity index (χ0) is 13.0. The first-order valence-electron chi connectivity index (χ1n) is 5.99. The highest BCUT2D eigenvalue weighted by Crippen LogP contribution is 2.21. The molecule has 0 saturated carbocycles. The van der Waals surface area contributed by atoms with Crippen molar-refractivity contribution in [2.45, 2.75) is 18.9 Å². The molecule has 4 nitrogen and oxygen atoms in total. The molecule has 18 heavy (non-hydrogen) atoms. The largest absolute Gasteiger partial charge is 0.481 e. The number of halogens is 1. The molecule has 1 aliphatic rings. The number of nitrogens with zero attached hydrogens (tertiary/aromatic N) is 1. The Bertz CT molecular complexity index is 407. The van der Waals surface area contributed by atoms with Crippen molar-refractivity contribution in [3.05, 3.63) is 28.7 Å². The zero-order valence-corrected chi connectivity index (χ0v) is 11.6. The normalized spacial score (nSPS) is 19.8. The molecule has 1 heterocycles. The zero-order valence-electron chi connectivity index (χ0n) is 10.0. The van der Waals surface area contributed by atoms with Gasteiger partial charge < -0.3 is 14.7 Å². The van der Waals surface area contributed by atoms with Crippen LogP contribution in [0, 0.1) is 0 Å². The molecular weight excluding hydrogens is 298 g/mol. The van der Waals surface area contributed by atoms with E-state index in [1.54, 1.807) is 0 Å². The Morgan fingerprint density at radius 1 is 1.44 bits per heavy atom. The van der Waals surface area contributed by atoms with Crippen molar-refractivity contribution < 1.29 is 14.6 Å². The Balaban J connectivity index is 1.93. The van der Waals surface area contributed by atoms with Crippen LogP contribution in [0.15, 0.2) is 28.7 Å². The van der Waals surface area contributed by atoms with E-state index in [1.165, 1.54) is 0 Å². The molecule has 2 rings (SSSR count). The highest BCUT2D eigenvalue weighted by atomic mass is 79.9. The number of hydrogen-bond acceptors (Lipinski definition) is 3. The summed E-state index contributed by atoms with van der Waals surface area (Å²) in [6.07, 6.45) is 0.750. The van der Waals surface area contributed by atoms with Crippen LogP contribution in [-0.2, 0) is 9.53 Å². The molecule has 1 saturated heterocycles. The second-order valence-corrected chi connectivity index (χ2v) is 5.26. The number of anilines is 1. The first-order valence-corrected chi connectivity index (χ1v) is 6.78. The lowest BCUT2D eigenvalue weighted by Crippen LogP contribution is -2.42. The van der Waals surface area contributed by atoms with E-state index in [0.29, 0.717) is 13.0 Å². The maximum absolute atomic E-state index is 10.6. The van der Waals surface area contributed by atoms with Gasteiger partial charge in [-0.05, 0) is 30.7 Å². The summed E-state index contributed by atoms with van der Waals surface area (Å²) in [5.41, 5.74) is 1.15. The third-order valence-corrected chi connectivity index (χ3v) is 3.54. The molecule has 1 aromatic rings. The fourth-order valence-electron chi connectivity index (χ4n) is 2.06. The standard InChI is InChI=1S/C13H16BrNO3/c14-10-1-3-11(4-2-10)15-7-8-18-12(9-15)5-6-13(16)17/h1-4,12H,5-9H2,(H,16,17). The Hall–Kier alpha value is -1.07. The van der Waals surface area contributed by atoms with Gasteiger partial charge in [-0.3, -0.25) is 4.79 Å². The molecule has 1 aromatic carbocycles. The summed E-state index contributed by atoms with van der Waals surface area (Å²) in [4.78, 5) is 12.8. The predicted molar refractivity (Wildman–Crippen MR) is 73.0 cm³/mol. The third-order valence-electron chi connectivity index (χ3n) is 3.01. The van der Waals surface area contributed by atoms with E-state index in [9.17, 15) is 4.79 Å². The number of aliphatic carboxylic acids is 1. The third kappa shape index (κ3) is 3.71. The van der Waals surface area contributed by atoms with Gasteiger partial charge in [0.25, 0.3) is 0 Å². The Morgan fingerprint density at radius 2 is 2.17 bits per heavy atom. The van der Waals surface area contributed by atoms with Crippen LogP contribution in [-0.4, -0.2) is 36.9 Å². The Labute approximate surface area is 115 Å². The number of morpholine rings is 1. The topological polar surface area (TPSA) is 49.8 Å². The fraction of sp³-hybridized carbons (Fsp3) is 0.462. The maximum atomic E-state index is 10.6. The minimum absolute atomic E-state index is 0.0125. The number of carbonyl (C=O) groups is 1. The monoisotopic (exact) mass is 313 g/mol. The van der Waals surface area contributed by atoms with Gasteiger partial charge in [-0.2, -0.15) is 0 Å². The minimum atomic E-state index is -0.764. The summed E-state index contributed by atoms with van der Waals surface area (Å²) in [5.74, 6) is -0.764. The van der Waals surface area contributed by atoms with Crippen LogP contribution >= 0.6 is 15.9 Å². The molecule has 0 radical (unpaired) electrons. The number of hydrogen-bond donors (Lipinski definition) is 1. The summed E-state index contributed by atoms with van der Waals surface area (Å²) in [7, 11) is 0. The number of ether oxygens (including phenoxy) is 1. The summed E-state index contributed by atoms with van der Waals surface area (Å²) in [6.45, 7) is 2.26. The number of carboxylic acid groups (broad SMARTS) is 1. The molecule has 0 aliphatic carbocycles. The predicted octanol–water partition coefficient (Wildman–Crippen LogP) is 2.52. The van der Waals surface area contributed by atoms with Gasteiger partial charge in [-0.1, -0.05) is 15.9 Å². The Morgan fingerprint density at radius 3 is 2.83 bits per heavy atom. The average molecular weight is 314 g/mol. The van der Waals surface area contributed by atoms with Gasteiger partial charge in [0.05, 0.1) is 12.7 Å². The molecule has 0 spiro atoms. The fourth-order valence-corrected chi connectivity index (χ4v) is 2.33. The lowest BCUT2D eigenvalue weighted by atomic mass is 10.1. The summed E-state index contributed by atoms with van der Waals surface area (Å²) < 4.78 is 6.65. The van der Waals surface area contributed by atoms with E-state index >= 15 is 0 Å². The van der Waals surface area contributed by atoms with Crippen LogP contribution in [0.2, 0.25) is 0 Å². The number of carboxylic acids is 1. The minimum Gasteiger partial charge on any atom is -0.481 e. The molecule has 0 aromatic heterocycles. The second-order valence-electron chi connectivity index (χ2n) is 4.35. The molecule has 1 aliphatic heterocycles. The number of benzene rings is 1. The van der Waals surface area contributed by atoms with Crippen LogP contribution in [0.4, 0.5) is 5.69 Å². The van der Waals surface area contributed by atoms with Gasteiger partial charge in [-0.15, -0.1) is 0 Å². The lowest BCUT2D eigenvalue weighted by molar-refractivity contribution is -0.137. The molecule has 1 fully saturated rings. The smallest absolute Gasteiger partial charge is 0.303 e. The molecule has 0 bridgehead atoms. The van der Waals surface area contributed by atoms with Crippen molar-refractivity contribution in [2.75, 3.05) is 24.6 Å². The average Bonchev–Trinajstić information content (AvgIpc) is 2.37. The van der Waals surface area contributed by atoms with Crippen molar-refractivity contribution in [1.29, 1.82) is 0 Å². The van der Waals surface area contributed by atoms with Crippen molar-refractivity contribution in [3.63, 3.8) is 0 Å². The van der Waals surface area contributed by atoms with Crippen LogP contribution in [0.25, 0.3) is 0 Å². The SMILES string of the molecule is O=C(O)CCC1CN(c2ccc(Br)cc2)CCO1. The number of rotatable bonds is 4. The van der Waals surface area contributed by atoms with E-state index in [4.69, 9.17) is 9.84 Å². The van der Waals surface area contributed by atoms with Gasteiger partial charge in [0.1, 0.15) is 0 Å². The van der Waals surface area contributed by atoms with Crippen LogP contribution in [0.5, 0.6) is 0 Å². The van der Waals surface area contributed by atoms with Gasteiger partial charge in [0.15, 0.2) is 0 Å². The quantitative estimate of drug-likeness (QED) is 0.928. The van der Waals surface area contributed by atoms with E-state index in [2.05, 4.69) is 33.0 Å². The highest BCUT2D eigenvalue weighted by Gasteiger charge is 2.21. The maximum Gasteiger partial charge on any atom is 0.303 e. The van der Waals surface area contributed by atoms with Crippen LogP contribution in [0.1, 0.15) is 12.8 Å². The first-order chi connectivity index (χ1) is 8.65. The highest BCUT2D eigenvalue weighted by molar-refractivity contribution is 9.10. The molecule has 5 heteroatoms. The second kappa shape index (κ2) is 6.20. The molecule has 0 amide bonds.